The van der Waals surface area contributed by atoms with E-state index in [1.165, 1.54) is 34.2 Å². The summed E-state index contributed by atoms with van der Waals surface area (Å²) in [4.78, 5) is 4.67. The SMILES string of the molecule is Cc1sc(CNC2CC2)cc1CN(C)c1ccccc1F. The molecule has 1 heterocycles. The molecule has 1 fully saturated rings. The van der Waals surface area contributed by atoms with E-state index in [-0.39, 0.29) is 5.82 Å². The van der Waals surface area contributed by atoms with Crippen molar-refractivity contribution >= 4 is 17.0 Å². The molecule has 1 aliphatic rings. The number of rotatable bonds is 6. The number of nitrogens with one attached hydrogen (secondary N) is 1. The molecule has 0 bridgehead atoms. The number of hydrogen-bond acceptors (Lipinski definition) is 3. The third-order valence-corrected chi connectivity index (χ3v) is 4.98. The number of nitrogens with zero attached hydrogens (tertiary/aromatic N) is 1. The maximum Gasteiger partial charge on any atom is 0.146 e. The van der Waals surface area contributed by atoms with Gasteiger partial charge in [0.25, 0.3) is 0 Å². The van der Waals surface area contributed by atoms with Crippen molar-refractivity contribution in [3.63, 3.8) is 0 Å². The lowest BCUT2D eigenvalue weighted by molar-refractivity contribution is 0.622. The Bertz CT molecular complexity index is 619. The molecule has 2 aromatic rings. The van der Waals surface area contributed by atoms with E-state index in [4.69, 9.17) is 0 Å². The Hall–Kier alpha value is -1.39. The van der Waals surface area contributed by atoms with Crippen LogP contribution in [0.1, 0.15) is 28.2 Å². The molecule has 0 radical (unpaired) electrons. The van der Waals surface area contributed by atoms with Crippen LogP contribution in [0.4, 0.5) is 10.1 Å². The predicted octanol–water partition coefficient (Wildman–Crippen LogP) is 4.08. The lowest BCUT2D eigenvalue weighted by Gasteiger charge is -2.19. The second-order valence-electron chi connectivity index (χ2n) is 5.76. The minimum absolute atomic E-state index is 0.163. The summed E-state index contributed by atoms with van der Waals surface area (Å²) in [5.74, 6) is -0.163. The zero-order valence-corrected chi connectivity index (χ0v) is 13.3. The van der Waals surface area contributed by atoms with Crippen molar-refractivity contribution in [3.05, 3.63) is 51.5 Å². The predicted molar refractivity (Wildman–Crippen MR) is 87.4 cm³/mol. The number of halogens is 1. The van der Waals surface area contributed by atoms with Gasteiger partial charge in [-0.2, -0.15) is 0 Å². The van der Waals surface area contributed by atoms with Crippen molar-refractivity contribution in [2.45, 2.75) is 38.9 Å². The van der Waals surface area contributed by atoms with Gasteiger partial charge in [-0.05, 0) is 43.5 Å². The maximum atomic E-state index is 13.8. The van der Waals surface area contributed by atoms with Gasteiger partial charge in [0.2, 0.25) is 0 Å². The van der Waals surface area contributed by atoms with Gasteiger partial charge in [-0.15, -0.1) is 11.3 Å². The second-order valence-corrected chi connectivity index (χ2v) is 7.10. The van der Waals surface area contributed by atoms with E-state index in [0.29, 0.717) is 5.69 Å². The van der Waals surface area contributed by atoms with E-state index < -0.39 is 0 Å². The van der Waals surface area contributed by atoms with Gasteiger partial charge >= 0.3 is 0 Å². The van der Waals surface area contributed by atoms with Gasteiger partial charge in [0.15, 0.2) is 0 Å². The molecule has 0 spiro atoms. The van der Waals surface area contributed by atoms with Crippen molar-refractivity contribution in [1.82, 2.24) is 5.32 Å². The van der Waals surface area contributed by atoms with Crippen molar-refractivity contribution in [3.8, 4) is 0 Å². The van der Waals surface area contributed by atoms with Gasteiger partial charge < -0.3 is 10.2 Å². The first-order valence-electron chi connectivity index (χ1n) is 7.40. The fourth-order valence-electron chi connectivity index (χ4n) is 2.47. The maximum absolute atomic E-state index is 13.8. The highest BCUT2D eigenvalue weighted by Gasteiger charge is 2.20. The highest BCUT2D eigenvalue weighted by Crippen LogP contribution is 2.27. The lowest BCUT2D eigenvalue weighted by atomic mass is 10.2. The Morgan fingerprint density at radius 2 is 2.10 bits per heavy atom. The summed E-state index contributed by atoms with van der Waals surface area (Å²) in [6.07, 6.45) is 2.63. The van der Waals surface area contributed by atoms with Gasteiger partial charge in [-0.3, -0.25) is 0 Å². The van der Waals surface area contributed by atoms with Crippen LogP contribution in [0.5, 0.6) is 0 Å². The Balaban J connectivity index is 1.67. The molecule has 0 unspecified atom stereocenters. The Kier molecular flexibility index (Phi) is 4.27. The van der Waals surface area contributed by atoms with E-state index in [2.05, 4.69) is 18.3 Å². The molecule has 1 aromatic carbocycles. The van der Waals surface area contributed by atoms with Crippen LogP contribution in [0.25, 0.3) is 0 Å². The normalized spacial score (nSPS) is 14.4. The van der Waals surface area contributed by atoms with Crippen LogP contribution in [0.3, 0.4) is 0 Å². The number of thiophene rings is 1. The molecule has 3 rings (SSSR count). The topological polar surface area (TPSA) is 15.3 Å². The van der Waals surface area contributed by atoms with Crippen LogP contribution >= 0.6 is 11.3 Å². The van der Waals surface area contributed by atoms with Gasteiger partial charge in [-0.25, -0.2) is 4.39 Å². The number of anilines is 1. The molecule has 1 N–H and O–H groups in total. The molecule has 1 aliphatic carbocycles. The van der Waals surface area contributed by atoms with Crippen molar-refractivity contribution in [2.75, 3.05) is 11.9 Å². The molecule has 4 heteroatoms. The number of benzene rings is 1. The smallest absolute Gasteiger partial charge is 0.146 e. The van der Waals surface area contributed by atoms with E-state index >= 15 is 0 Å². The average Bonchev–Trinajstić information content (AvgIpc) is 3.22. The number of para-hydroxylation sites is 1. The van der Waals surface area contributed by atoms with Crippen LogP contribution in [0.2, 0.25) is 0 Å². The first-order valence-corrected chi connectivity index (χ1v) is 8.22. The molecular formula is C17H21FN2S. The fraction of sp³-hybridized carbons (Fsp3) is 0.412. The number of hydrogen-bond donors (Lipinski definition) is 1. The fourth-order valence-corrected chi connectivity index (χ4v) is 3.47. The summed E-state index contributed by atoms with van der Waals surface area (Å²) in [6, 6.07) is 9.93. The molecular weight excluding hydrogens is 283 g/mol. The first kappa shape index (κ1) is 14.5. The Morgan fingerprint density at radius 3 is 2.81 bits per heavy atom. The minimum Gasteiger partial charge on any atom is -0.368 e. The van der Waals surface area contributed by atoms with Crippen molar-refractivity contribution in [1.29, 1.82) is 0 Å². The first-order chi connectivity index (χ1) is 10.1. The lowest BCUT2D eigenvalue weighted by Crippen LogP contribution is -2.17. The summed E-state index contributed by atoms with van der Waals surface area (Å²) in [7, 11) is 1.94. The summed E-state index contributed by atoms with van der Waals surface area (Å²) in [5, 5.41) is 3.54. The van der Waals surface area contributed by atoms with Crippen LogP contribution < -0.4 is 10.2 Å². The van der Waals surface area contributed by atoms with Gasteiger partial charge in [0.1, 0.15) is 5.82 Å². The molecule has 0 amide bonds. The minimum atomic E-state index is -0.163. The zero-order chi connectivity index (χ0) is 14.8. The quantitative estimate of drug-likeness (QED) is 0.865. The molecule has 1 aromatic heterocycles. The van der Waals surface area contributed by atoms with Crippen LogP contribution in [-0.4, -0.2) is 13.1 Å². The molecule has 0 aliphatic heterocycles. The van der Waals surface area contributed by atoms with E-state index in [0.717, 1.165) is 19.1 Å². The summed E-state index contributed by atoms with van der Waals surface area (Å²) < 4.78 is 13.8. The van der Waals surface area contributed by atoms with Gasteiger partial charge in [0, 0.05) is 35.9 Å². The summed E-state index contributed by atoms with van der Waals surface area (Å²) >= 11 is 1.84. The van der Waals surface area contributed by atoms with Gasteiger partial charge in [0.05, 0.1) is 5.69 Å². The Labute approximate surface area is 129 Å². The van der Waals surface area contributed by atoms with E-state index in [1.807, 2.05) is 35.4 Å². The van der Waals surface area contributed by atoms with Crippen molar-refractivity contribution < 1.29 is 4.39 Å². The Morgan fingerprint density at radius 1 is 1.33 bits per heavy atom. The molecule has 0 atom stereocenters. The number of aryl methyl sites for hydroxylation is 1. The second kappa shape index (κ2) is 6.16. The highest BCUT2D eigenvalue weighted by molar-refractivity contribution is 7.12. The third kappa shape index (κ3) is 3.63. The third-order valence-electron chi connectivity index (χ3n) is 3.89. The molecule has 2 nitrogen and oxygen atoms in total. The molecule has 21 heavy (non-hydrogen) atoms. The summed E-state index contributed by atoms with van der Waals surface area (Å²) in [5.41, 5.74) is 1.94. The molecule has 0 saturated heterocycles. The molecule has 112 valence electrons. The van der Waals surface area contributed by atoms with Crippen LogP contribution in [0, 0.1) is 12.7 Å². The van der Waals surface area contributed by atoms with Crippen molar-refractivity contribution in [2.24, 2.45) is 0 Å². The average molecular weight is 304 g/mol. The zero-order valence-electron chi connectivity index (χ0n) is 12.5. The van der Waals surface area contributed by atoms with E-state index in [9.17, 15) is 4.39 Å². The van der Waals surface area contributed by atoms with Crippen LogP contribution in [-0.2, 0) is 13.1 Å². The van der Waals surface area contributed by atoms with E-state index in [1.54, 1.807) is 6.07 Å². The standard InChI is InChI=1S/C17H21FN2S/c1-12-13(9-15(21-12)10-19-14-7-8-14)11-20(2)17-6-4-3-5-16(17)18/h3-6,9,14,19H,7-8,10-11H2,1-2H3. The van der Waals surface area contributed by atoms with Crippen LogP contribution in [0.15, 0.2) is 30.3 Å². The van der Waals surface area contributed by atoms with Gasteiger partial charge in [-0.1, -0.05) is 12.1 Å². The monoisotopic (exact) mass is 304 g/mol. The largest absolute Gasteiger partial charge is 0.368 e. The highest BCUT2D eigenvalue weighted by atomic mass is 32.1. The molecule has 1 saturated carbocycles. The summed E-state index contributed by atoms with van der Waals surface area (Å²) in [6.45, 7) is 3.85.